The van der Waals surface area contributed by atoms with E-state index in [9.17, 15) is 19.5 Å². The maximum Gasteiger partial charge on any atom is 0.306 e. The number of nitrogens with zero attached hydrogens (tertiary/aromatic N) is 4. The highest BCUT2D eigenvalue weighted by Gasteiger charge is 2.21. The molecule has 1 aliphatic rings. The standard InChI is InChI=1S/C36H37Cl2N7O6/c1-44-30(18-40-17-23(46)14-32(48)49)43-45-19-21(13-29(45)36(44)50)24-5-3-6-25(33(24)37)26-7-4-8-27(34(26)38)28-11-9-20(35(42-28)51-2)15-39-16-22-10-12-31(47)41-22/h3-9,11,13,19,22-23,39-40,46H,10,12,14-18H2,1-2H3,(H,41,47)(H,48,49)/t22-,23-/m0/s1. The highest BCUT2D eigenvalue weighted by atomic mass is 35.5. The number of pyridine rings is 1. The van der Waals surface area contributed by atoms with Gasteiger partial charge in [-0.05, 0) is 18.6 Å². The van der Waals surface area contributed by atoms with E-state index < -0.39 is 18.5 Å². The number of fused-ring (bicyclic) bond motifs is 1. The SMILES string of the molecule is COc1nc(-c2cccc(-c3cccc(-c4cc5c(=O)n(C)c(CNC[C@@H](O)CC(=O)O)nn5c4)c3Cl)c2Cl)ccc1CNC[C@@H]1CCC(=O)N1. The van der Waals surface area contributed by atoms with Crippen molar-refractivity contribution in [1.29, 1.82) is 0 Å². The van der Waals surface area contributed by atoms with Crippen LogP contribution in [0.3, 0.4) is 0 Å². The number of aliphatic hydroxyl groups is 1. The Morgan fingerprint density at radius 1 is 1.04 bits per heavy atom. The van der Waals surface area contributed by atoms with Gasteiger partial charge in [0.15, 0.2) is 0 Å². The average molecular weight is 735 g/mol. The number of ether oxygens (including phenoxy) is 1. The van der Waals surface area contributed by atoms with E-state index in [1.54, 1.807) is 26.4 Å². The Balaban J connectivity index is 1.25. The molecule has 1 fully saturated rings. The van der Waals surface area contributed by atoms with E-state index in [4.69, 9.17) is 38.0 Å². The summed E-state index contributed by atoms with van der Waals surface area (Å²) in [6.07, 6.45) is 1.62. The zero-order chi connectivity index (χ0) is 36.2. The number of hydrogen-bond donors (Lipinski definition) is 5. The molecule has 0 spiro atoms. The molecule has 1 aliphatic heterocycles. The van der Waals surface area contributed by atoms with Crippen molar-refractivity contribution in [2.75, 3.05) is 20.2 Å². The molecule has 4 heterocycles. The van der Waals surface area contributed by atoms with Crippen molar-refractivity contribution in [2.45, 2.75) is 44.5 Å². The van der Waals surface area contributed by atoms with E-state index in [1.165, 1.54) is 9.08 Å². The third-order valence-electron chi connectivity index (χ3n) is 8.81. The highest BCUT2D eigenvalue weighted by Crippen LogP contribution is 2.42. The van der Waals surface area contributed by atoms with Crippen LogP contribution in [0.15, 0.2) is 65.6 Å². The fourth-order valence-corrected chi connectivity index (χ4v) is 6.80. The third-order valence-corrected chi connectivity index (χ3v) is 9.62. The molecular formula is C36H37Cl2N7O6. The van der Waals surface area contributed by atoms with Crippen molar-refractivity contribution < 1.29 is 24.5 Å². The summed E-state index contributed by atoms with van der Waals surface area (Å²) in [6, 6.07) is 16.9. The molecule has 5 N–H and O–H groups in total. The molecule has 0 aliphatic carbocycles. The van der Waals surface area contributed by atoms with Crippen LogP contribution in [0, 0.1) is 0 Å². The number of carbonyl (C=O) groups is 2. The number of aliphatic hydroxyl groups excluding tert-OH is 1. The Morgan fingerprint density at radius 3 is 2.43 bits per heavy atom. The van der Waals surface area contributed by atoms with Gasteiger partial charge < -0.3 is 30.9 Å². The van der Waals surface area contributed by atoms with Gasteiger partial charge in [0.1, 0.15) is 11.3 Å². The van der Waals surface area contributed by atoms with Crippen molar-refractivity contribution in [3.63, 3.8) is 0 Å². The first-order valence-electron chi connectivity index (χ1n) is 16.3. The van der Waals surface area contributed by atoms with E-state index in [0.717, 1.165) is 12.0 Å². The summed E-state index contributed by atoms with van der Waals surface area (Å²) in [7, 11) is 3.17. The van der Waals surface area contributed by atoms with Gasteiger partial charge in [-0.3, -0.25) is 19.0 Å². The molecule has 1 amide bonds. The number of carbonyl (C=O) groups excluding carboxylic acids is 1. The number of carboxylic acid groups (broad SMARTS) is 1. The summed E-state index contributed by atoms with van der Waals surface area (Å²) in [5.74, 6) is -0.160. The van der Waals surface area contributed by atoms with Crippen LogP contribution in [0.5, 0.6) is 5.88 Å². The topological polar surface area (TPSA) is 172 Å². The predicted molar refractivity (Wildman–Crippen MR) is 194 cm³/mol. The second-order valence-corrected chi connectivity index (χ2v) is 13.1. The molecule has 3 aromatic heterocycles. The van der Waals surface area contributed by atoms with Gasteiger partial charge in [0.05, 0.1) is 41.9 Å². The summed E-state index contributed by atoms with van der Waals surface area (Å²) >= 11 is 14.1. The first-order chi connectivity index (χ1) is 24.5. The zero-order valence-electron chi connectivity index (χ0n) is 28.0. The lowest BCUT2D eigenvalue weighted by molar-refractivity contribution is -0.139. The minimum atomic E-state index is -1.10. The maximum atomic E-state index is 13.3. The molecule has 0 unspecified atom stereocenters. The van der Waals surface area contributed by atoms with Crippen LogP contribution in [0.25, 0.3) is 39.0 Å². The lowest BCUT2D eigenvalue weighted by Gasteiger charge is -2.15. The fraction of sp³-hybridized carbons (Fsp3) is 0.306. The van der Waals surface area contributed by atoms with Gasteiger partial charge in [-0.25, -0.2) is 9.50 Å². The van der Waals surface area contributed by atoms with Gasteiger partial charge >= 0.3 is 5.97 Å². The number of halogens is 2. The molecule has 2 aromatic carbocycles. The zero-order valence-corrected chi connectivity index (χ0v) is 29.5. The molecule has 0 saturated carbocycles. The van der Waals surface area contributed by atoms with Crippen LogP contribution in [-0.4, -0.2) is 73.6 Å². The van der Waals surface area contributed by atoms with E-state index in [1.807, 2.05) is 48.5 Å². The molecule has 2 atom stereocenters. The number of amides is 1. The van der Waals surface area contributed by atoms with Crippen LogP contribution in [0.4, 0.5) is 0 Å². The Hall–Kier alpha value is -4.79. The number of aliphatic carboxylic acids is 1. The molecule has 1 saturated heterocycles. The number of carboxylic acids is 1. The molecular weight excluding hydrogens is 697 g/mol. The quantitative estimate of drug-likeness (QED) is 0.112. The average Bonchev–Trinajstić information content (AvgIpc) is 3.73. The Kier molecular flexibility index (Phi) is 11.0. The highest BCUT2D eigenvalue weighted by molar-refractivity contribution is 6.39. The molecule has 6 rings (SSSR count). The first-order valence-corrected chi connectivity index (χ1v) is 17.1. The van der Waals surface area contributed by atoms with Crippen molar-refractivity contribution in [3.8, 4) is 39.4 Å². The number of methoxy groups -OCH3 is 1. The summed E-state index contributed by atoms with van der Waals surface area (Å²) < 4.78 is 8.52. The van der Waals surface area contributed by atoms with E-state index in [-0.39, 0.29) is 30.6 Å². The van der Waals surface area contributed by atoms with Crippen molar-refractivity contribution in [2.24, 2.45) is 7.05 Å². The second-order valence-electron chi connectivity index (χ2n) is 12.4. The molecule has 266 valence electrons. The summed E-state index contributed by atoms with van der Waals surface area (Å²) in [4.78, 5) is 40.4. The van der Waals surface area contributed by atoms with Gasteiger partial charge in [-0.1, -0.05) is 65.7 Å². The minimum Gasteiger partial charge on any atom is -0.481 e. The van der Waals surface area contributed by atoms with E-state index >= 15 is 0 Å². The van der Waals surface area contributed by atoms with Crippen molar-refractivity contribution >= 4 is 40.6 Å². The van der Waals surface area contributed by atoms with Gasteiger partial charge in [0.25, 0.3) is 5.56 Å². The van der Waals surface area contributed by atoms with Gasteiger partial charge in [-0.15, -0.1) is 0 Å². The Morgan fingerprint density at radius 2 is 1.75 bits per heavy atom. The van der Waals surface area contributed by atoms with Crippen molar-refractivity contribution in [1.82, 2.24) is 35.1 Å². The van der Waals surface area contributed by atoms with Gasteiger partial charge in [-0.2, -0.15) is 5.10 Å². The van der Waals surface area contributed by atoms with E-state index in [2.05, 4.69) is 21.0 Å². The van der Waals surface area contributed by atoms with E-state index in [0.29, 0.717) is 80.3 Å². The van der Waals surface area contributed by atoms with Crippen molar-refractivity contribution in [3.05, 3.63) is 92.6 Å². The molecule has 15 heteroatoms. The van der Waals surface area contributed by atoms with Gasteiger partial charge in [0, 0.05) is 78.7 Å². The van der Waals surface area contributed by atoms with Crippen LogP contribution in [0.2, 0.25) is 10.0 Å². The predicted octanol–water partition coefficient (Wildman–Crippen LogP) is 4.04. The molecule has 5 aromatic rings. The minimum absolute atomic E-state index is 0.0268. The second kappa shape index (κ2) is 15.6. The van der Waals surface area contributed by atoms with Crippen LogP contribution >= 0.6 is 23.2 Å². The first kappa shape index (κ1) is 36.0. The lowest BCUT2D eigenvalue weighted by atomic mass is 9.97. The number of nitrogens with one attached hydrogen (secondary N) is 3. The van der Waals surface area contributed by atoms with Crippen LogP contribution in [-0.2, 0) is 29.7 Å². The molecule has 51 heavy (non-hydrogen) atoms. The maximum absolute atomic E-state index is 13.3. The fourth-order valence-electron chi connectivity index (χ4n) is 6.14. The third kappa shape index (κ3) is 7.92. The summed E-state index contributed by atoms with van der Waals surface area (Å²) in [6.45, 7) is 1.34. The normalized spacial score (nSPS) is 14.9. The molecule has 0 radical (unpaired) electrons. The largest absolute Gasteiger partial charge is 0.481 e. The lowest BCUT2D eigenvalue weighted by Crippen LogP contribution is -2.35. The number of aromatic nitrogens is 4. The Labute approximate surface area is 303 Å². The monoisotopic (exact) mass is 733 g/mol. The van der Waals surface area contributed by atoms with Crippen LogP contribution in [0.1, 0.15) is 30.7 Å². The smallest absolute Gasteiger partial charge is 0.306 e. The number of benzene rings is 2. The summed E-state index contributed by atoms with van der Waals surface area (Å²) in [5, 5.41) is 33.5. The van der Waals surface area contributed by atoms with Gasteiger partial charge in [0.2, 0.25) is 11.8 Å². The molecule has 0 bridgehead atoms. The summed E-state index contributed by atoms with van der Waals surface area (Å²) in [5.41, 5.74) is 4.98. The van der Waals surface area contributed by atoms with Crippen LogP contribution < -0.4 is 26.2 Å². The number of rotatable bonds is 14. The molecule has 13 nitrogen and oxygen atoms in total. The number of hydrogen-bond acceptors (Lipinski definition) is 9. The Bertz CT molecular complexity index is 2170.